The zero-order valence-electron chi connectivity index (χ0n) is 6.32. The minimum atomic E-state index is -4.65. The predicted octanol–water partition coefficient (Wildman–Crippen LogP) is 0.171. The Morgan fingerprint density at radius 3 is 1.50 bits per heavy atom. The van der Waals surface area contributed by atoms with Crippen LogP contribution in [0.2, 0.25) is 0 Å². The summed E-state index contributed by atoms with van der Waals surface area (Å²) < 4.78 is 28.4. The van der Waals surface area contributed by atoms with Gasteiger partial charge in [-0.1, -0.05) is 0 Å². The second-order valence-electron chi connectivity index (χ2n) is 1.61. The van der Waals surface area contributed by atoms with Gasteiger partial charge in [0.1, 0.15) is 0 Å². The molecule has 0 saturated carbocycles. The summed E-state index contributed by atoms with van der Waals surface area (Å²) in [6.07, 6.45) is 0. The zero-order chi connectivity index (χ0) is 9.99. The Hall–Kier alpha value is 0.220. The van der Waals surface area contributed by atoms with Crippen LogP contribution < -0.4 is 0 Å². The van der Waals surface area contributed by atoms with Crippen LogP contribution in [0.1, 0.15) is 0 Å². The highest BCUT2D eigenvalue weighted by molar-refractivity contribution is 7.65. The van der Waals surface area contributed by atoms with Gasteiger partial charge in [0.05, 0.1) is 0 Å². The Labute approximate surface area is 68.5 Å². The van der Waals surface area contributed by atoms with Crippen molar-refractivity contribution in [2.45, 2.75) is 0 Å². The zero-order valence-corrected chi connectivity index (χ0v) is 8.11. The molecular formula is C2H9NO7P2. The summed E-state index contributed by atoms with van der Waals surface area (Å²) in [5, 5.41) is 8.66. The van der Waals surface area contributed by atoms with Crippen molar-refractivity contribution in [3.05, 3.63) is 0 Å². The van der Waals surface area contributed by atoms with Crippen LogP contribution in [0.25, 0.3) is 0 Å². The Kier molecular flexibility index (Phi) is 4.02. The van der Waals surface area contributed by atoms with E-state index in [1.807, 2.05) is 0 Å². The quantitative estimate of drug-likeness (QED) is 0.454. The van der Waals surface area contributed by atoms with Gasteiger partial charge in [-0.3, -0.25) is 14.3 Å². The van der Waals surface area contributed by atoms with Crippen LogP contribution in [0, 0.1) is 0 Å². The molecule has 0 aliphatic carbocycles. The first-order chi connectivity index (χ1) is 5.28. The fourth-order valence-corrected chi connectivity index (χ4v) is 2.16. The number of hydrogen-bond acceptors (Lipinski definition) is 5. The van der Waals surface area contributed by atoms with E-state index in [4.69, 9.17) is 15.0 Å². The Morgan fingerprint density at radius 1 is 1.08 bits per heavy atom. The van der Waals surface area contributed by atoms with Crippen molar-refractivity contribution in [2.24, 2.45) is 0 Å². The average Bonchev–Trinajstić information content (AvgIpc) is 2.03. The molecule has 0 aliphatic rings. The molecule has 0 aromatic rings. The molecule has 3 N–H and O–H groups in total. The van der Waals surface area contributed by atoms with E-state index in [1.165, 1.54) is 0 Å². The fourth-order valence-electron chi connectivity index (χ4n) is 0.289. The summed E-state index contributed by atoms with van der Waals surface area (Å²) in [5.41, 5.74) is 0. The first kappa shape index (κ1) is 12.2. The van der Waals surface area contributed by atoms with E-state index in [-0.39, 0.29) is 0 Å². The van der Waals surface area contributed by atoms with Crippen LogP contribution in [0.5, 0.6) is 0 Å². The molecular weight excluding hydrogens is 212 g/mol. The summed E-state index contributed by atoms with van der Waals surface area (Å²) in [6.45, 7) is 0. The highest BCUT2D eigenvalue weighted by atomic mass is 31.3. The molecule has 0 aromatic heterocycles. The summed E-state index contributed by atoms with van der Waals surface area (Å²) in [6, 6.07) is 0. The molecule has 0 amide bonds. The SMILES string of the molecule is COP(=O)(O)N(O)P(=O)(O)OC. The van der Waals surface area contributed by atoms with E-state index in [0.717, 1.165) is 14.2 Å². The van der Waals surface area contributed by atoms with Crippen molar-refractivity contribution in [2.75, 3.05) is 14.2 Å². The minimum absolute atomic E-state index is 0.736. The molecule has 0 spiro atoms. The third kappa shape index (κ3) is 2.62. The smallest absolute Gasteiger partial charge is 0.311 e. The van der Waals surface area contributed by atoms with E-state index in [9.17, 15) is 9.13 Å². The van der Waals surface area contributed by atoms with Gasteiger partial charge in [0, 0.05) is 18.8 Å². The maximum atomic E-state index is 10.7. The Morgan fingerprint density at radius 2 is 1.33 bits per heavy atom. The lowest BCUT2D eigenvalue weighted by Crippen LogP contribution is -2.14. The predicted molar refractivity (Wildman–Crippen MR) is 37.3 cm³/mol. The van der Waals surface area contributed by atoms with Gasteiger partial charge in [0.2, 0.25) is 0 Å². The summed E-state index contributed by atoms with van der Waals surface area (Å²) in [5.74, 6) is 0. The topological polar surface area (TPSA) is 117 Å². The first-order valence-corrected chi connectivity index (χ1v) is 5.61. The van der Waals surface area contributed by atoms with Crippen LogP contribution in [-0.2, 0) is 18.2 Å². The molecule has 0 bridgehead atoms. The van der Waals surface area contributed by atoms with Gasteiger partial charge in [0.15, 0.2) is 0 Å². The average molecular weight is 221 g/mol. The second-order valence-corrected chi connectivity index (χ2v) is 5.38. The normalized spacial score (nSPS) is 21.8. The Bertz CT molecular complexity index is 216. The fraction of sp³-hybridized carbons (Fsp3) is 1.00. The van der Waals surface area contributed by atoms with Gasteiger partial charge < -0.3 is 9.79 Å². The maximum Gasteiger partial charge on any atom is 0.438 e. The molecule has 0 radical (unpaired) electrons. The van der Waals surface area contributed by atoms with Crippen molar-refractivity contribution in [1.82, 2.24) is 4.60 Å². The van der Waals surface area contributed by atoms with Crippen LogP contribution in [0.15, 0.2) is 0 Å². The minimum Gasteiger partial charge on any atom is -0.311 e. The van der Waals surface area contributed by atoms with Gasteiger partial charge in [-0.25, -0.2) is 9.13 Å². The third-order valence-corrected chi connectivity index (χ3v) is 4.14. The van der Waals surface area contributed by atoms with E-state index < -0.39 is 20.1 Å². The highest BCUT2D eigenvalue weighted by Crippen LogP contribution is 2.61. The standard InChI is InChI=1S/C2H9NO7P2/c1-9-11(5,6)3(4)12(7,8)10-2/h4H,1-2H3,(H,5,6)(H,7,8). The monoisotopic (exact) mass is 221 g/mol. The van der Waals surface area contributed by atoms with Crippen LogP contribution in [0.3, 0.4) is 0 Å². The van der Waals surface area contributed by atoms with Crippen molar-refractivity contribution >= 4 is 15.5 Å². The van der Waals surface area contributed by atoms with Crippen molar-refractivity contribution in [3.63, 3.8) is 0 Å². The largest absolute Gasteiger partial charge is 0.438 e. The van der Waals surface area contributed by atoms with Gasteiger partial charge in [-0.2, -0.15) is 0 Å². The molecule has 2 atom stereocenters. The van der Waals surface area contributed by atoms with Gasteiger partial charge in [-0.15, -0.1) is 0 Å². The van der Waals surface area contributed by atoms with Gasteiger partial charge in [0.25, 0.3) is 0 Å². The lowest BCUT2D eigenvalue weighted by Gasteiger charge is -2.20. The van der Waals surface area contributed by atoms with Crippen molar-refractivity contribution < 1.29 is 33.2 Å². The van der Waals surface area contributed by atoms with Crippen LogP contribution >= 0.6 is 15.5 Å². The van der Waals surface area contributed by atoms with Gasteiger partial charge >= 0.3 is 15.5 Å². The highest BCUT2D eigenvalue weighted by Gasteiger charge is 2.42. The maximum absolute atomic E-state index is 10.7. The third-order valence-electron chi connectivity index (χ3n) is 0.928. The molecule has 2 unspecified atom stereocenters. The lowest BCUT2D eigenvalue weighted by atomic mass is 11.8. The summed E-state index contributed by atoms with van der Waals surface area (Å²) >= 11 is 0. The Balaban J connectivity index is 4.72. The van der Waals surface area contributed by atoms with E-state index >= 15 is 0 Å². The van der Waals surface area contributed by atoms with Crippen molar-refractivity contribution in [1.29, 1.82) is 0 Å². The number of rotatable bonds is 4. The second kappa shape index (κ2) is 3.95. The van der Waals surface area contributed by atoms with E-state index in [2.05, 4.69) is 9.05 Å². The molecule has 0 saturated heterocycles. The van der Waals surface area contributed by atoms with E-state index in [1.54, 1.807) is 0 Å². The number of nitrogens with zero attached hydrogens (tertiary/aromatic N) is 1. The van der Waals surface area contributed by atoms with Crippen molar-refractivity contribution in [3.8, 4) is 0 Å². The molecule has 0 rings (SSSR count). The molecule has 10 heteroatoms. The lowest BCUT2D eigenvalue weighted by molar-refractivity contribution is 0.0206. The first-order valence-electron chi connectivity index (χ1n) is 2.55. The van der Waals surface area contributed by atoms with E-state index in [0.29, 0.717) is 0 Å². The van der Waals surface area contributed by atoms with Gasteiger partial charge in [-0.05, 0) is 0 Å². The number of hydrogen-bond donors (Lipinski definition) is 3. The van der Waals surface area contributed by atoms with Crippen LogP contribution in [-0.4, -0.2) is 33.8 Å². The summed E-state index contributed by atoms with van der Waals surface area (Å²) in [4.78, 5) is 17.3. The molecule has 12 heavy (non-hydrogen) atoms. The molecule has 8 nitrogen and oxygen atoms in total. The molecule has 0 aliphatic heterocycles. The summed E-state index contributed by atoms with van der Waals surface area (Å²) in [7, 11) is -7.72. The van der Waals surface area contributed by atoms with Crippen LogP contribution in [0.4, 0.5) is 0 Å². The molecule has 0 aromatic carbocycles. The molecule has 0 fully saturated rings. The molecule has 74 valence electrons. The molecule has 0 heterocycles.